The predicted molar refractivity (Wildman–Crippen MR) is 104 cm³/mol. The Morgan fingerprint density at radius 3 is 2.52 bits per heavy atom. The number of hydrogen-bond donors (Lipinski definition) is 2. The number of halogens is 2. The van der Waals surface area contributed by atoms with E-state index in [-0.39, 0.29) is 0 Å². The molecule has 0 saturated carbocycles. The summed E-state index contributed by atoms with van der Waals surface area (Å²) in [4.78, 5) is 3.54. The fourth-order valence-electron chi connectivity index (χ4n) is 3.11. The van der Waals surface area contributed by atoms with Gasteiger partial charge < -0.3 is 10.3 Å². The first kappa shape index (κ1) is 15.0. The van der Waals surface area contributed by atoms with Crippen molar-refractivity contribution < 1.29 is 0 Å². The van der Waals surface area contributed by atoms with E-state index < -0.39 is 0 Å². The Bertz CT molecular complexity index is 938. The van der Waals surface area contributed by atoms with E-state index in [0.717, 1.165) is 24.2 Å². The minimum Gasteiger partial charge on any atom is -0.386 e. The summed E-state index contributed by atoms with van der Waals surface area (Å²) in [7, 11) is 1.96. The minimum atomic E-state index is 1.01. The highest BCUT2D eigenvalue weighted by Crippen LogP contribution is 2.30. The normalized spacial score (nSPS) is 16.0. The maximum absolute atomic E-state index is 3.73. The van der Waals surface area contributed by atoms with Gasteiger partial charge in [-0.2, -0.15) is 0 Å². The molecule has 0 unspecified atom stereocenters. The molecule has 3 aromatic rings. The van der Waals surface area contributed by atoms with E-state index in [1.165, 1.54) is 36.5 Å². The summed E-state index contributed by atoms with van der Waals surface area (Å²) in [6, 6.07) is 13.2. The highest BCUT2D eigenvalue weighted by Gasteiger charge is 2.11. The van der Waals surface area contributed by atoms with Gasteiger partial charge in [-0.3, -0.25) is 0 Å². The van der Waals surface area contributed by atoms with Crippen LogP contribution in [0.15, 0.2) is 45.3 Å². The fraction of sp³-hybridized carbons (Fsp3) is 0.158. The first-order chi connectivity index (χ1) is 11.1. The zero-order valence-electron chi connectivity index (χ0n) is 12.7. The van der Waals surface area contributed by atoms with Crippen molar-refractivity contribution in [2.24, 2.45) is 0 Å². The summed E-state index contributed by atoms with van der Waals surface area (Å²) < 4.78 is 2.35. The van der Waals surface area contributed by atoms with Crippen molar-refractivity contribution >= 4 is 54.5 Å². The molecule has 0 aliphatic carbocycles. The third kappa shape index (κ3) is 2.74. The van der Waals surface area contributed by atoms with E-state index >= 15 is 0 Å². The van der Waals surface area contributed by atoms with Crippen LogP contribution in [0, 0.1) is 0 Å². The van der Waals surface area contributed by atoms with Crippen LogP contribution in [0.3, 0.4) is 0 Å². The van der Waals surface area contributed by atoms with Crippen LogP contribution in [-0.4, -0.2) is 12.0 Å². The van der Waals surface area contributed by atoms with Gasteiger partial charge in [0.15, 0.2) is 0 Å². The third-order valence-corrected chi connectivity index (χ3v) is 5.88. The predicted octanol–water partition coefficient (Wildman–Crippen LogP) is 5.51. The van der Waals surface area contributed by atoms with Gasteiger partial charge in [0.1, 0.15) is 0 Å². The number of fused-ring (bicyclic) bond motifs is 3. The number of H-pyrrole nitrogens is 1. The summed E-state index contributed by atoms with van der Waals surface area (Å²) in [5, 5.41) is 4.54. The van der Waals surface area contributed by atoms with Crippen molar-refractivity contribution in [3.05, 3.63) is 67.7 Å². The van der Waals surface area contributed by atoms with Crippen LogP contribution in [0.5, 0.6) is 0 Å². The molecule has 0 fully saturated rings. The highest BCUT2D eigenvalue weighted by molar-refractivity contribution is 9.10. The summed E-state index contributed by atoms with van der Waals surface area (Å²) in [6.07, 6.45) is 4.20. The second-order valence-corrected chi connectivity index (χ2v) is 7.58. The first-order valence-corrected chi connectivity index (χ1v) is 9.22. The molecule has 5 bridgehead atoms. The number of rotatable bonds is 1. The van der Waals surface area contributed by atoms with E-state index in [1.807, 2.05) is 7.05 Å². The molecule has 0 saturated heterocycles. The average molecular weight is 432 g/mol. The van der Waals surface area contributed by atoms with Gasteiger partial charge in [-0.15, -0.1) is 0 Å². The maximum Gasteiger partial charge on any atom is 0.0627 e. The lowest BCUT2D eigenvalue weighted by Gasteiger charge is -2.09. The number of aromatic amines is 1. The van der Waals surface area contributed by atoms with Crippen LogP contribution in [0.25, 0.3) is 22.7 Å². The van der Waals surface area contributed by atoms with Crippen molar-refractivity contribution in [3.8, 4) is 0 Å². The molecular formula is C19H16Br2N2. The minimum absolute atomic E-state index is 1.01. The average Bonchev–Trinajstić information content (AvgIpc) is 2.94. The molecule has 2 aromatic carbocycles. The maximum atomic E-state index is 3.73. The smallest absolute Gasteiger partial charge is 0.0627 e. The van der Waals surface area contributed by atoms with Gasteiger partial charge in [0, 0.05) is 26.9 Å². The second-order valence-electron chi connectivity index (χ2n) is 5.87. The Hall–Kier alpha value is -1.52. The standard InChI is InChI=1S/C19H16Br2N2/c1-22-18-7-11-2-3-12(15(20)6-11)4-5-13-9-17-14(8-16(13)21)10-19(18)23-17/h2-3,6-10,22-23H,4-5H2,1H3/b18-7-. The van der Waals surface area contributed by atoms with E-state index in [1.54, 1.807) is 0 Å². The molecule has 2 nitrogen and oxygen atoms in total. The summed E-state index contributed by atoms with van der Waals surface area (Å²) in [6.45, 7) is 0. The van der Waals surface area contributed by atoms with Gasteiger partial charge in [0.05, 0.1) is 11.4 Å². The first-order valence-electron chi connectivity index (χ1n) is 7.63. The molecular weight excluding hydrogens is 416 g/mol. The summed E-state index contributed by atoms with van der Waals surface area (Å²) in [5.74, 6) is 0. The van der Waals surface area contributed by atoms with E-state index in [4.69, 9.17) is 0 Å². The Kier molecular flexibility index (Phi) is 3.82. The zero-order chi connectivity index (χ0) is 16.0. The Labute approximate surface area is 152 Å². The van der Waals surface area contributed by atoms with Crippen molar-refractivity contribution in [2.45, 2.75) is 12.8 Å². The van der Waals surface area contributed by atoms with Crippen molar-refractivity contribution in [2.75, 3.05) is 7.05 Å². The summed E-state index contributed by atoms with van der Waals surface area (Å²) in [5.41, 5.74) is 7.22. The molecule has 116 valence electrons. The number of aryl methyl sites for hydroxylation is 2. The van der Waals surface area contributed by atoms with E-state index in [2.05, 4.69) is 84.6 Å². The van der Waals surface area contributed by atoms with Crippen LogP contribution in [0.1, 0.15) is 22.4 Å². The molecule has 0 radical (unpaired) electrons. The molecule has 0 atom stereocenters. The lowest BCUT2D eigenvalue weighted by atomic mass is 10.0. The molecule has 5 rings (SSSR count). The quantitative estimate of drug-likeness (QED) is 0.522. The van der Waals surface area contributed by atoms with Gasteiger partial charge >= 0.3 is 0 Å². The van der Waals surface area contributed by atoms with Crippen LogP contribution >= 0.6 is 31.9 Å². The molecule has 0 spiro atoms. The topological polar surface area (TPSA) is 27.8 Å². The van der Waals surface area contributed by atoms with Gasteiger partial charge in [-0.1, -0.05) is 44.0 Å². The number of aromatic nitrogens is 1. The SMILES string of the molecule is CN/C1=C\c2ccc(c(Br)c2)CCc2cc3[nH]c1cc3cc2Br. The van der Waals surface area contributed by atoms with Crippen molar-refractivity contribution in [1.29, 1.82) is 0 Å². The monoisotopic (exact) mass is 430 g/mol. The van der Waals surface area contributed by atoms with Gasteiger partial charge in [-0.25, -0.2) is 0 Å². The fourth-order valence-corrected chi connectivity index (χ4v) is 4.27. The van der Waals surface area contributed by atoms with Gasteiger partial charge in [0.25, 0.3) is 0 Å². The van der Waals surface area contributed by atoms with Gasteiger partial charge in [0.2, 0.25) is 0 Å². The number of nitrogens with one attached hydrogen (secondary N) is 2. The highest BCUT2D eigenvalue weighted by atomic mass is 79.9. The molecule has 2 N–H and O–H groups in total. The second kappa shape index (κ2) is 5.84. The number of hydrogen-bond acceptors (Lipinski definition) is 1. The van der Waals surface area contributed by atoms with Gasteiger partial charge in [-0.05, 0) is 59.9 Å². The molecule has 3 heterocycles. The lowest BCUT2D eigenvalue weighted by Crippen LogP contribution is -2.04. The van der Waals surface area contributed by atoms with Crippen molar-refractivity contribution in [1.82, 2.24) is 10.3 Å². The van der Waals surface area contributed by atoms with Crippen LogP contribution < -0.4 is 5.32 Å². The van der Waals surface area contributed by atoms with Crippen molar-refractivity contribution in [3.63, 3.8) is 0 Å². The molecule has 4 heteroatoms. The van der Waals surface area contributed by atoms with Crippen LogP contribution in [0.4, 0.5) is 0 Å². The third-order valence-electron chi connectivity index (χ3n) is 4.40. The lowest BCUT2D eigenvalue weighted by molar-refractivity contribution is 0.951. The van der Waals surface area contributed by atoms with Crippen LogP contribution in [0.2, 0.25) is 0 Å². The zero-order valence-corrected chi connectivity index (χ0v) is 15.9. The molecule has 2 aliphatic rings. The molecule has 23 heavy (non-hydrogen) atoms. The molecule has 2 aliphatic heterocycles. The molecule has 1 aromatic heterocycles. The Morgan fingerprint density at radius 1 is 0.957 bits per heavy atom. The van der Waals surface area contributed by atoms with E-state index in [9.17, 15) is 0 Å². The number of benzene rings is 2. The summed E-state index contributed by atoms with van der Waals surface area (Å²) >= 11 is 7.45. The Balaban J connectivity index is 2.00. The Morgan fingerprint density at radius 2 is 1.74 bits per heavy atom. The molecule has 0 amide bonds. The largest absolute Gasteiger partial charge is 0.386 e. The van der Waals surface area contributed by atoms with E-state index in [0.29, 0.717) is 0 Å². The van der Waals surface area contributed by atoms with Crippen LogP contribution in [-0.2, 0) is 12.8 Å².